The van der Waals surface area contributed by atoms with Crippen molar-refractivity contribution in [2.24, 2.45) is 0 Å². The van der Waals surface area contributed by atoms with Crippen LogP contribution in [0, 0.1) is 0 Å². The monoisotopic (exact) mass is 478 g/mol. The highest BCUT2D eigenvalue weighted by atomic mass is 16.5. The zero-order chi connectivity index (χ0) is 24.7. The standard InChI is InChI=1S/C31H30N2O3/c1-35-26-15-13-24(14-16-26)21-33-22-29(28-11-5-6-12-30(28)33)25(18-23-8-3-2-4-9-23)19-31(34)32-20-27-10-7-17-36-27/h2-17,22,25H,18-21H2,1H3,(H,32,34). The molecule has 0 bridgehead atoms. The van der Waals surface area contributed by atoms with Gasteiger partial charge in [0.05, 0.1) is 19.9 Å². The van der Waals surface area contributed by atoms with Crippen molar-refractivity contribution in [3.63, 3.8) is 0 Å². The average Bonchev–Trinajstić information content (AvgIpc) is 3.57. The molecule has 2 aromatic heterocycles. The van der Waals surface area contributed by atoms with Crippen LogP contribution in [0.25, 0.3) is 10.9 Å². The third-order valence-corrected chi connectivity index (χ3v) is 6.57. The summed E-state index contributed by atoms with van der Waals surface area (Å²) in [5.41, 5.74) is 4.76. The number of ether oxygens (including phenoxy) is 1. The summed E-state index contributed by atoms with van der Waals surface area (Å²) in [6, 6.07) is 30.7. The molecule has 0 aliphatic heterocycles. The molecule has 0 radical (unpaired) electrons. The topological polar surface area (TPSA) is 56.4 Å². The van der Waals surface area contributed by atoms with Crippen LogP contribution in [-0.2, 0) is 24.3 Å². The molecule has 0 aliphatic rings. The van der Waals surface area contributed by atoms with E-state index in [0.29, 0.717) is 13.0 Å². The number of nitrogens with one attached hydrogen (secondary N) is 1. The van der Waals surface area contributed by atoms with Crippen molar-refractivity contribution in [1.29, 1.82) is 0 Å². The van der Waals surface area contributed by atoms with Crippen LogP contribution in [0.3, 0.4) is 0 Å². The Morgan fingerprint density at radius 3 is 2.44 bits per heavy atom. The third-order valence-electron chi connectivity index (χ3n) is 6.57. The molecule has 5 rings (SSSR count). The van der Waals surface area contributed by atoms with Gasteiger partial charge in [-0.15, -0.1) is 0 Å². The van der Waals surface area contributed by atoms with Gasteiger partial charge >= 0.3 is 0 Å². The van der Waals surface area contributed by atoms with Crippen LogP contribution in [-0.4, -0.2) is 17.6 Å². The number of hydrogen-bond acceptors (Lipinski definition) is 3. The Bertz CT molecular complexity index is 1400. The smallest absolute Gasteiger partial charge is 0.220 e. The van der Waals surface area contributed by atoms with Crippen LogP contribution in [0.5, 0.6) is 5.75 Å². The highest BCUT2D eigenvalue weighted by Crippen LogP contribution is 2.33. The van der Waals surface area contributed by atoms with Gasteiger partial charge < -0.3 is 19.0 Å². The Morgan fingerprint density at radius 1 is 0.917 bits per heavy atom. The SMILES string of the molecule is COc1ccc(Cn2cc(C(CC(=O)NCc3ccco3)Cc3ccccc3)c3ccccc32)cc1. The molecule has 0 aliphatic carbocycles. The number of fused-ring (bicyclic) bond motifs is 1. The van der Waals surface area contributed by atoms with E-state index >= 15 is 0 Å². The predicted molar refractivity (Wildman–Crippen MR) is 142 cm³/mol. The Labute approximate surface area is 211 Å². The molecule has 0 saturated carbocycles. The third kappa shape index (κ3) is 5.52. The minimum absolute atomic E-state index is 0.0133. The average molecular weight is 479 g/mol. The van der Waals surface area contributed by atoms with Crippen LogP contribution in [0.15, 0.2) is 108 Å². The van der Waals surface area contributed by atoms with E-state index in [1.54, 1.807) is 13.4 Å². The molecule has 5 heteroatoms. The summed E-state index contributed by atoms with van der Waals surface area (Å²) in [5.74, 6) is 1.64. The highest BCUT2D eigenvalue weighted by molar-refractivity contribution is 5.86. The maximum absolute atomic E-state index is 13.0. The van der Waals surface area contributed by atoms with Crippen molar-refractivity contribution < 1.29 is 13.9 Å². The molecule has 0 fully saturated rings. The van der Waals surface area contributed by atoms with Crippen molar-refractivity contribution in [2.75, 3.05) is 7.11 Å². The number of para-hydroxylation sites is 1. The Hall–Kier alpha value is -4.25. The van der Waals surface area contributed by atoms with Crippen molar-refractivity contribution in [3.8, 4) is 5.75 Å². The lowest BCUT2D eigenvalue weighted by atomic mass is 9.88. The quantitative estimate of drug-likeness (QED) is 0.255. The van der Waals surface area contributed by atoms with Crippen LogP contribution in [0.1, 0.15) is 34.8 Å². The number of rotatable bonds is 10. The number of aromatic nitrogens is 1. The van der Waals surface area contributed by atoms with E-state index in [0.717, 1.165) is 30.0 Å². The molecular formula is C31H30N2O3. The molecule has 1 unspecified atom stereocenters. The van der Waals surface area contributed by atoms with Crippen molar-refractivity contribution in [3.05, 3.63) is 126 Å². The molecule has 3 aromatic carbocycles. The van der Waals surface area contributed by atoms with E-state index in [1.165, 1.54) is 22.1 Å². The summed E-state index contributed by atoms with van der Waals surface area (Å²) < 4.78 is 13.0. The number of hydrogen-bond donors (Lipinski definition) is 1. The number of methoxy groups -OCH3 is 1. The fourth-order valence-corrected chi connectivity index (χ4v) is 4.74. The van der Waals surface area contributed by atoms with Gasteiger partial charge in [-0.05, 0) is 59.4 Å². The van der Waals surface area contributed by atoms with E-state index in [-0.39, 0.29) is 11.8 Å². The van der Waals surface area contributed by atoms with Gasteiger partial charge in [0.2, 0.25) is 5.91 Å². The van der Waals surface area contributed by atoms with E-state index in [2.05, 4.69) is 76.7 Å². The minimum Gasteiger partial charge on any atom is -0.497 e. The van der Waals surface area contributed by atoms with Gasteiger partial charge in [-0.2, -0.15) is 0 Å². The number of furan rings is 1. The normalized spacial score (nSPS) is 11.9. The van der Waals surface area contributed by atoms with Gasteiger partial charge in [0.1, 0.15) is 11.5 Å². The molecule has 1 atom stereocenters. The second-order valence-corrected chi connectivity index (χ2v) is 9.02. The number of benzene rings is 3. The Morgan fingerprint density at radius 2 is 1.69 bits per heavy atom. The minimum atomic E-state index is 0.0133. The maximum atomic E-state index is 13.0. The first-order chi connectivity index (χ1) is 17.7. The molecule has 0 saturated heterocycles. The fraction of sp³-hybridized carbons (Fsp3) is 0.194. The van der Waals surface area contributed by atoms with Gasteiger partial charge in [-0.1, -0.05) is 60.7 Å². The largest absolute Gasteiger partial charge is 0.497 e. The summed E-state index contributed by atoms with van der Waals surface area (Å²) in [4.78, 5) is 13.0. The van der Waals surface area contributed by atoms with Gasteiger partial charge in [-0.3, -0.25) is 4.79 Å². The lowest BCUT2D eigenvalue weighted by Gasteiger charge is -2.17. The first-order valence-corrected chi connectivity index (χ1v) is 12.2. The number of carbonyl (C=O) groups excluding carboxylic acids is 1. The molecule has 1 N–H and O–H groups in total. The maximum Gasteiger partial charge on any atom is 0.220 e. The van der Waals surface area contributed by atoms with E-state index < -0.39 is 0 Å². The summed E-state index contributed by atoms with van der Waals surface area (Å²) in [5, 5.41) is 4.21. The molecule has 5 aromatic rings. The van der Waals surface area contributed by atoms with Crippen LogP contribution >= 0.6 is 0 Å². The molecule has 1 amide bonds. The molecule has 36 heavy (non-hydrogen) atoms. The van der Waals surface area contributed by atoms with Gasteiger partial charge in [-0.25, -0.2) is 0 Å². The first-order valence-electron chi connectivity index (χ1n) is 12.2. The zero-order valence-electron chi connectivity index (χ0n) is 20.4. The molecule has 2 heterocycles. The van der Waals surface area contributed by atoms with Gasteiger partial charge in [0.15, 0.2) is 0 Å². The molecular weight excluding hydrogens is 448 g/mol. The van der Waals surface area contributed by atoms with Gasteiger partial charge in [0, 0.05) is 30.1 Å². The summed E-state index contributed by atoms with van der Waals surface area (Å²) in [7, 11) is 1.68. The van der Waals surface area contributed by atoms with Crippen molar-refractivity contribution in [1.82, 2.24) is 9.88 Å². The first kappa shape index (κ1) is 23.5. The summed E-state index contributed by atoms with van der Waals surface area (Å²) in [6.45, 7) is 1.14. The Balaban J connectivity index is 1.45. The van der Waals surface area contributed by atoms with Crippen LogP contribution < -0.4 is 10.1 Å². The second-order valence-electron chi connectivity index (χ2n) is 9.02. The number of nitrogens with zero attached hydrogens (tertiary/aromatic N) is 1. The zero-order valence-corrected chi connectivity index (χ0v) is 20.4. The van der Waals surface area contributed by atoms with Gasteiger partial charge in [0.25, 0.3) is 0 Å². The van der Waals surface area contributed by atoms with Crippen molar-refractivity contribution in [2.45, 2.75) is 31.8 Å². The predicted octanol–water partition coefficient (Wildman–Crippen LogP) is 6.32. The van der Waals surface area contributed by atoms with Crippen molar-refractivity contribution >= 4 is 16.8 Å². The molecule has 5 nitrogen and oxygen atoms in total. The Kier molecular flexibility index (Phi) is 7.17. The van der Waals surface area contributed by atoms with E-state index in [9.17, 15) is 4.79 Å². The van der Waals surface area contributed by atoms with E-state index in [4.69, 9.17) is 9.15 Å². The van der Waals surface area contributed by atoms with Crippen LogP contribution in [0.4, 0.5) is 0 Å². The summed E-state index contributed by atoms with van der Waals surface area (Å²) >= 11 is 0. The number of amides is 1. The molecule has 0 spiro atoms. The van der Waals surface area contributed by atoms with E-state index in [1.807, 2.05) is 30.3 Å². The highest BCUT2D eigenvalue weighted by Gasteiger charge is 2.22. The lowest BCUT2D eigenvalue weighted by Crippen LogP contribution is -2.25. The van der Waals surface area contributed by atoms with Crippen LogP contribution in [0.2, 0.25) is 0 Å². The molecule has 182 valence electrons. The second kappa shape index (κ2) is 11.0. The fourth-order valence-electron chi connectivity index (χ4n) is 4.74. The number of carbonyl (C=O) groups is 1. The summed E-state index contributed by atoms with van der Waals surface area (Å²) in [6.07, 6.45) is 5.03. The lowest BCUT2D eigenvalue weighted by molar-refractivity contribution is -0.121.